The van der Waals surface area contributed by atoms with Gasteiger partial charge in [-0.3, -0.25) is 4.79 Å². The summed E-state index contributed by atoms with van der Waals surface area (Å²) in [5.74, 6) is -0.945. The highest BCUT2D eigenvalue weighted by Gasteiger charge is 2.59. The van der Waals surface area contributed by atoms with Gasteiger partial charge in [0.2, 0.25) is 0 Å². The molecule has 0 heterocycles. The average molecular weight is 265 g/mol. The summed E-state index contributed by atoms with van der Waals surface area (Å²) in [6, 6.07) is 4.49. The minimum atomic E-state index is -0.739. The highest BCUT2D eigenvalue weighted by Crippen LogP contribution is 2.57. The standard InChI is InChI=1S/C15H20FNO2/c1-2-3-4-11-9-15(11,14(18)19)8-10-5-6-12(16)13(17)7-10/h5-7,11H,2-4,8-9,17H2,1H3,(H,18,19). The summed E-state index contributed by atoms with van der Waals surface area (Å²) in [5.41, 5.74) is 5.77. The minimum Gasteiger partial charge on any atom is -0.481 e. The predicted molar refractivity (Wildman–Crippen MR) is 72.2 cm³/mol. The van der Waals surface area contributed by atoms with Crippen molar-refractivity contribution in [3.05, 3.63) is 29.6 Å². The molecule has 3 N–H and O–H groups in total. The van der Waals surface area contributed by atoms with Gasteiger partial charge < -0.3 is 10.8 Å². The van der Waals surface area contributed by atoms with Gasteiger partial charge in [-0.15, -0.1) is 0 Å². The van der Waals surface area contributed by atoms with Crippen LogP contribution in [0.15, 0.2) is 18.2 Å². The number of halogens is 1. The maximum absolute atomic E-state index is 13.1. The largest absolute Gasteiger partial charge is 0.481 e. The van der Waals surface area contributed by atoms with Gasteiger partial charge in [0, 0.05) is 0 Å². The lowest BCUT2D eigenvalue weighted by Gasteiger charge is -2.13. The fraction of sp³-hybridized carbons (Fsp3) is 0.533. The molecule has 4 heteroatoms. The number of nitrogens with two attached hydrogens (primary N) is 1. The van der Waals surface area contributed by atoms with Crippen molar-refractivity contribution in [2.45, 2.75) is 39.0 Å². The minimum absolute atomic E-state index is 0.0868. The average Bonchev–Trinajstić information content (AvgIpc) is 3.06. The molecule has 1 aliphatic carbocycles. The number of anilines is 1. The Morgan fingerprint density at radius 1 is 1.58 bits per heavy atom. The van der Waals surface area contributed by atoms with E-state index in [0.29, 0.717) is 6.42 Å². The lowest BCUT2D eigenvalue weighted by molar-refractivity contribution is -0.144. The first-order valence-corrected chi connectivity index (χ1v) is 6.77. The molecule has 0 radical (unpaired) electrons. The van der Waals surface area contributed by atoms with Crippen molar-refractivity contribution in [3.63, 3.8) is 0 Å². The molecular formula is C15H20FNO2. The Kier molecular flexibility index (Phi) is 3.78. The summed E-state index contributed by atoms with van der Waals surface area (Å²) in [6.45, 7) is 2.10. The van der Waals surface area contributed by atoms with E-state index >= 15 is 0 Å². The quantitative estimate of drug-likeness (QED) is 0.776. The lowest BCUT2D eigenvalue weighted by atomic mass is 9.92. The molecule has 0 aromatic heterocycles. The van der Waals surface area contributed by atoms with Gasteiger partial charge in [-0.25, -0.2) is 4.39 Å². The van der Waals surface area contributed by atoms with Gasteiger partial charge in [0.1, 0.15) is 5.82 Å². The molecule has 19 heavy (non-hydrogen) atoms. The van der Waals surface area contributed by atoms with E-state index in [9.17, 15) is 14.3 Å². The Bertz CT molecular complexity index is 489. The third kappa shape index (κ3) is 2.72. The first-order valence-electron chi connectivity index (χ1n) is 6.77. The van der Waals surface area contributed by atoms with Crippen LogP contribution >= 0.6 is 0 Å². The molecule has 104 valence electrons. The molecule has 1 aliphatic rings. The zero-order valence-corrected chi connectivity index (χ0v) is 11.2. The highest BCUT2D eigenvalue weighted by molar-refractivity contribution is 5.79. The molecule has 1 aromatic rings. The van der Waals surface area contributed by atoms with Crippen molar-refractivity contribution < 1.29 is 14.3 Å². The molecule has 0 aliphatic heterocycles. The van der Waals surface area contributed by atoms with Gasteiger partial charge in [-0.05, 0) is 42.9 Å². The SMILES string of the molecule is CCCCC1CC1(Cc1ccc(F)c(N)c1)C(=O)O. The van der Waals surface area contributed by atoms with E-state index in [4.69, 9.17) is 5.73 Å². The fourth-order valence-corrected chi connectivity index (χ4v) is 2.83. The fourth-order valence-electron chi connectivity index (χ4n) is 2.83. The van der Waals surface area contributed by atoms with Crippen LogP contribution < -0.4 is 5.73 Å². The summed E-state index contributed by atoms with van der Waals surface area (Å²) >= 11 is 0. The summed E-state index contributed by atoms with van der Waals surface area (Å²) in [6.07, 6.45) is 4.27. The number of hydrogen-bond donors (Lipinski definition) is 2. The Morgan fingerprint density at radius 3 is 2.89 bits per heavy atom. The molecule has 1 saturated carbocycles. The molecule has 1 fully saturated rings. The lowest BCUT2D eigenvalue weighted by Crippen LogP contribution is -2.20. The second-order valence-corrected chi connectivity index (χ2v) is 5.54. The number of carbonyl (C=O) groups is 1. The second-order valence-electron chi connectivity index (χ2n) is 5.54. The molecule has 2 rings (SSSR count). The number of rotatable bonds is 6. The highest BCUT2D eigenvalue weighted by atomic mass is 19.1. The van der Waals surface area contributed by atoms with Crippen molar-refractivity contribution in [3.8, 4) is 0 Å². The molecule has 2 unspecified atom stereocenters. The summed E-state index contributed by atoms with van der Waals surface area (Å²) in [7, 11) is 0. The number of nitrogen functional groups attached to an aromatic ring is 1. The zero-order valence-electron chi connectivity index (χ0n) is 11.2. The zero-order chi connectivity index (χ0) is 14.0. The van der Waals surface area contributed by atoms with E-state index in [0.717, 1.165) is 31.2 Å². The van der Waals surface area contributed by atoms with Crippen molar-refractivity contribution in [1.82, 2.24) is 0 Å². The second kappa shape index (κ2) is 5.19. The van der Waals surface area contributed by atoms with Crippen molar-refractivity contribution in [2.75, 3.05) is 5.73 Å². The van der Waals surface area contributed by atoms with Crippen LogP contribution in [0.4, 0.5) is 10.1 Å². The molecule has 0 saturated heterocycles. The Labute approximate surface area is 112 Å². The molecule has 1 aromatic carbocycles. The number of unbranched alkanes of at least 4 members (excludes halogenated alkanes) is 1. The van der Waals surface area contributed by atoms with Gasteiger partial charge in [-0.2, -0.15) is 0 Å². The third-order valence-electron chi connectivity index (χ3n) is 4.14. The van der Waals surface area contributed by atoms with Crippen LogP contribution in [-0.2, 0) is 11.2 Å². The van der Waals surface area contributed by atoms with Crippen LogP contribution in [0.25, 0.3) is 0 Å². The van der Waals surface area contributed by atoms with Crippen molar-refractivity contribution >= 4 is 11.7 Å². The topological polar surface area (TPSA) is 63.3 Å². The maximum atomic E-state index is 13.1. The molecule has 0 spiro atoms. The van der Waals surface area contributed by atoms with Gasteiger partial charge in [0.05, 0.1) is 11.1 Å². The number of benzene rings is 1. The molecule has 3 nitrogen and oxygen atoms in total. The van der Waals surface area contributed by atoms with Crippen molar-refractivity contribution in [1.29, 1.82) is 0 Å². The molecule has 2 atom stereocenters. The normalized spacial score (nSPS) is 25.3. The number of aliphatic carboxylic acids is 1. The number of carboxylic acid groups (broad SMARTS) is 1. The molecule has 0 amide bonds. The Balaban J connectivity index is 2.10. The van der Waals surface area contributed by atoms with E-state index in [1.807, 2.05) is 0 Å². The molecule has 0 bridgehead atoms. The van der Waals surface area contributed by atoms with E-state index in [1.54, 1.807) is 12.1 Å². The van der Waals surface area contributed by atoms with Crippen LogP contribution in [-0.4, -0.2) is 11.1 Å². The van der Waals surface area contributed by atoms with Crippen LogP contribution in [0, 0.1) is 17.2 Å². The van der Waals surface area contributed by atoms with Crippen LogP contribution in [0.1, 0.15) is 38.2 Å². The van der Waals surface area contributed by atoms with Crippen LogP contribution in [0.5, 0.6) is 0 Å². The predicted octanol–water partition coefficient (Wildman–Crippen LogP) is 3.23. The van der Waals surface area contributed by atoms with E-state index < -0.39 is 17.2 Å². The van der Waals surface area contributed by atoms with Gasteiger partial charge in [-0.1, -0.05) is 25.8 Å². The first-order chi connectivity index (χ1) is 8.99. The first kappa shape index (κ1) is 13.8. The van der Waals surface area contributed by atoms with Crippen molar-refractivity contribution in [2.24, 2.45) is 11.3 Å². The number of hydrogen-bond acceptors (Lipinski definition) is 2. The van der Waals surface area contributed by atoms with Gasteiger partial charge in [0.15, 0.2) is 0 Å². The van der Waals surface area contributed by atoms with E-state index in [1.165, 1.54) is 6.07 Å². The third-order valence-corrected chi connectivity index (χ3v) is 4.14. The van der Waals surface area contributed by atoms with Gasteiger partial charge >= 0.3 is 5.97 Å². The van der Waals surface area contributed by atoms with Crippen LogP contribution in [0.2, 0.25) is 0 Å². The molecular weight excluding hydrogens is 245 g/mol. The Hall–Kier alpha value is -1.58. The van der Waals surface area contributed by atoms with E-state index in [-0.39, 0.29) is 11.6 Å². The monoisotopic (exact) mass is 265 g/mol. The number of carboxylic acids is 1. The smallest absolute Gasteiger partial charge is 0.310 e. The summed E-state index contributed by atoms with van der Waals surface area (Å²) in [5, 5.41) is 9.45. The van der Waals surface area contributed by atoms with Gasteiger partial charge in [0.25, 0.3) is 0 Å². The van der Waals surface area contributed by atoms with E-state index in [2.05, 4.69) is 6.92 Å². The maximum Gasteiger partial charge on any atom is 0.310 e. The summed E-state index contributed by atoms with van der Waals surface area (Å²) < 4.78 is 13.1. The Morgan fingerprint density at radius 2 is 2.32 bits per heavy atom. The van der Waals surface area contributed by atoms with Crippen LogP contribution in [0.3, 0.4) is 0 Å². The summed E-state index contributed by atoms with van der Waals surface area (Å²) in [4.78, 5) is 11.5.